The first-order valence-electron chi connectivity index (χ1n) is 9.81. The minimum absolute atomic E-state index is 0.493. The zero-order valence-corrected chi connectivity index (χ0v) is 17.4. The molecule has 0 bridgehead atoms. The molecule has 0 radical (unpaired) electrons. The number of hydrogen-bond acceptors (Lipinski definition) is 2. The number of unbranched alkanes of at least 4 members (excludes halogenated alkanes) is 3. The molecular formula is C24H36O2. The van der Waals surface area contributed by atoms with Gasteiger partial charge in [0.1, 0.15) is 11.2 Å². The van der Waals surface area contributed by atoms with E-state index < -0.39 is 11.2 Å². The molecule has 0 N–H and O–H groups in total. The summed E-state index contributed by atoms with van der Waals surface area (Å²) in [6, 6.07) is 20.2. The van der Waals surface area contributed by atoms with Gasteiger partial charge in [-0.1, -0.05) is 100 Å². The molecule has 2 heteroatoms. The van der Waals surface area contributed by atoms with Crippen molar-refractivity contribution in [3.05, 3.63) is 71.8 Å². The smallest absolute Gasteiger partial charge is 0.123 e. The quantitative estimate of drug-likeness (QED) is 0.279. The Kier molecular flexibility index (Phi) is 9.61. The molecule has 0 amide bonds. The van der Waals surface area contributed by atoms with Gasteiger partial charge >= 0.3 is 0 Å². The lowest BCUT2D eigenvalue weighted by Gasteiger charge is -2.31. The van der Waals surface area contributed by atoms with E-state index in [2.05, 4.69) is 13.8 Å². The average molecular weight is 357 g/mol. The Labute approximate surface area is 160 Å². The van der Waals surface area contributed by atoms with Gasteiger partial charge in [0.2, 0.25) is 0 Å². The highest BCUT2D eigenvalue weighted by atomic mass is 17.2. The van der Waals surface area contributed by atoms with E-state index >= 15 is 0 Å². The molecule has 0 heterocycles. The van der Waals surface area contributed by atoms with E-state index in [1.807, 2.05) is 88.4 Å². The Bertz CT molecular complexity index is 533. The van der Waals surface area contributed by atoms with Gasteiger partial charge in [-0.15, -0.1) is 0 Å². The molecule has 26 heavy (non-hydrogen) atoms. The largest absolute Gasteiger partial charge is 0.225 e. The second kappa shape index (κ2) is 11.2. The van der Waals surface area contributed by atoms with Gasteiger partial charge in [0.25, 0.3) is 0 Å². The van der Waals surface area contributed by atoms with Crippen LogP contribution in [0, 0.1) is 0 Å². The molecule has 2 aromatic carbocycles. The van der Waals surface area contributed by atoms with E-state index in [0.29, 0.717) is 0 Å². The molecule has 0 fully saturated rings. The van der Waals surface area contributed by atoms with Crippen molar-refractivity contribution in [2.45, 2.75) is 78.4 Å². The molecule has 144 valence electrons. The summed E-state index contributed by atoms with van der Waals surface area (Å²) in [5, 5.41) is 0. The van der Waals surface area contributed by atoms with E-state index in [1.165, 1.54) is 25.7 Å². The molecule has 0 aromatic heterocycles. The van der Waals surface area contributed by atoms with Crippen molar-refractivity contribution in [1.29, 1.82) is 0 Å². The molecule has 2 nitrogen and oxygen atoms in total. The third kappa shape index (κ3) is 7.72. The summed E-state index contributed by atoms with van der Waals surface area (Å²) in [7, 11) is 0. The summed E-state index contributed by atoms with van der Waals surface area (Å²) in [4.78, 5) is 11.5. The van der Waals surface area contributed by atoms with Crippen LogP contribution >= 0.6 is 0 Å². The minimum Gasteiger partial charge on any atom is -0.225 e. The van der Waals surface area contributed by atoms with Crippen molar-refractivity contribution in [2.24, 2.45) is 0 Å². The van der Waals surface area contributed by atoms with Crippen LogP contribution in [0.15, 0.2) is 60.7 Å². The van der Waals surface area contributed by atoms with Gasteiger partial charge in [0, 0.05) is 0 Å². The Morgan fingerprint density at radius 3 is 1.15 bits per heavy atom. The maximum atomic E-state index is 5.73. The minimum atomic E-state index is -0.493. The summed E-state index contributed by atoms with van der Waals surface area (Å²) in [6.07, 6.45) is 5.54. The second-order valence-corrected chi connectivity index (χ2v) is 7.63. The van der Waals surface area contributed by atoms with Crippen LogP contribution in [-0.4, -0.2) is 0 Å². The monoisotopic (exact) mass is 356 g/mol. The van der Waals surface area contributed by atoms with Gasteiger partial charge in [-0.25, -0.2) is 9.78 Å². The van der Waals surface area contributed by atoms with E-state index in [1.54, 1.807) is 0 Å². The van der Waals surface area contributed by atoms with Crippen molar-refractivity contribution < 1.29 is 9.78 Å². The summed E-state index contributed by atoms with van der Waals surface area (Å²) in [5.74, 6) is 0. The first-order valence-corrected chi connectivity index (χ1v) is 9.81. The van der Waals surface area contributed by atoms with Crippen LogP contribution in [0.3, 0.4) is 0 Å². The first-order chi connectivity index (χ1) is 12.3. The van der Waals surface area contributed by atoms with E-state index in [9.17, 15) is 0 Å². The maximum absolute atomic E-state index is 5.73. The summed E-state index contributed by atoms with van der Waals surface area (Å²) in [6.45, 7) is 12.5. The number of hydrogen-bond donors (Lipinski definition) is 0. The molecule has 0 atom stereocenters. The predicted octanol–water partition coefficient (Wildman–Crippen LogP) is 7.39. The van der Waals surface area contributed by atoms with Gasteiger partial charge < -0.3 is 0 Å². The molecule has 0 unspecified atom stereocenters. The molecule has 0 aliphatic rings. The van der Waals surface area contributed by atoms with Crippen LogP contribution in [0.4, 0.5) is 0 Å². The first kappa shape index (κ1) is 22.4. The van der Waals surface area contributed by atoms with Crippen LogP contribution in [0.25, 0.3) is 0 Å². The SMILES string of the molecule is CC(C)(OOC(C)(C)c1ccccc1)c1ccccc1.CCCCCC. The van der Waals surface area contributed by atoms with E-state index in [-0.39, 0.29) is 0 Å². The van der Waals surface area contributed by atoms with Gasteiger partial charge in [0.05, 0.1) is 0 Å². The van der Waals surface area contributed by atoms with Crippen LogP contribution < -0.4 is 0 Å². The maximum Gasteiger partial charge on any atom is 0.123 e. The summed E-state index contributed by atoms with van der Waals surface area (Å²) < 4.78 is 0. The van der Waals surface area contributed by atoms with Crippen LogP contribution in [0.5, 0.6) is 0 Å². The van der Waals surface area contributed by atoms with Crippen molar-refractivity contribution in [1.82, 2.24) is 0 Å². The van der Waals surface area contributed by atoms with E-state index in [4.69, 9.17) is 9.78 Å². The van der Waals surface area contributed by atoms with Gasteiger partial charge in [0.15, 0.2) is 0 Å². The Balaban J connectivity index is 0.000000487. The van der Waals surface area contributed by atoms with Crippen molar-refractivity contribution >= 4 is 0 Å². The molecule has 2 rings (SSSR count). The topological polar surface area (TPSA) is 18.5 Å². The standard InChI is InChI=1S/C18H22O2.C6H14/c1-17(2,15-11-7-5-8-12-15)19-20-18(3,4)16-13-9-6-10-14-16;1-3-5-6-4-2/h5-14H,1-4H3;3-6H2,1-2H3. The molecule has 0 spiro atoms. The molecular weight excluding hydrogens is 320 g/mol. The van der Waals surface area contributed by atoms with E-state index in [0.717, 1.165) is 11.1 Å². The molecule has 2 aromatic rings. The normalized spacial score (nSPS) is 11.6. The van der Waals surface area contributed by atoms with Crippen molar-refractivity contribution in [3.8, 4) is 0 Å². The fraction of sp³-hybridized carbons (Fsp3) is 0.500. The molecule has 0 saturated carbocycles. The Morgan fingerprint density at radius 2 is 0.885 bits per heavy atom. The highest BCUT2D eigenvalue weighted by Gasteiger charge is 2.29. The highest BCUT2D eigenvalue weighted by Crippen LogP contribution is 2.31. The molecule has 0 saturated heterocycles. The fourth-order valence-corrected chi connectivity index (χ4v) is 2.48. The third-order valence-electron chi connectivity index (χ3n) is 4.35. The van der Waals surface area contributed by atoms with Crippen LogP contribution in [-0.2, 0) is 21.0 Å². The van der Waals surface area contributed by atoms with Gasteiger partial charge in [-0.05, 0) is 38.8 Å². The van der Waals surface area contributed by atoms with Gasteiger partial charge in [-0.3, -0.25) is 0 Å². The number of rotatable bonds is 8. The van der Waals surface area contributed by atoms with Crippen LogP contribution in [0.1, 0.15) is 78.4 Å². The molecule has 0 aliphatic heterocycles. The second-order valence-electron chi connectivity index (χ2n) is 7.63. The highest BCUT2D eigenvalue weighted by molar-refractivity contribution is 5.22. The third-order valence-corrected chi connectivity index (χ3v) is 4.35. The average Bonchev–Trinajstić information content (AvgIpc) is 2.67. The lowest BCUT2D eigenvalue weighted by molar-refractivity contribution is -0.410. The van der Waals surface area contributed by atoms with Crippen molar-refractivity contribution in [2.75, 3.05) is 0 Å². The lowest BCUT2D eigenvalue weighted by Crippen LogP contribution is -2.29. The zero-order valence-electron chi connectivity index (χ0n) is 17.4. The van der Waals surface area contributed by atoms with Gasteiger partial charge in [-0.2, -0.15) is 0 Å². The predicted molar refractivity (Wildman–Crippen MR) is 111 cm³/mol. The fourth-order valence-electron chi connectivity index (χ4n) is 2.48. The van der Waals surface area contributed by atoms with Crippen molar-refractivity contribution in [3.63, 3.8) is 0 Å². The molecule has 0 aliphatic carbocycles. The zero-order chi connectivity index (χ0) is 19.5. The summed E-state index contributed by atoms with van der Waals surface area (Å²) >= 11 is 0. The number of benzene rings is 2. The lowest BCUT2D eigenvalue weighted by atomic mass is 9.98. The Morgan fingerprint density at radius 1 is 0.577 bits per heavy atom. The Hall–Kier alpha value is -1.64. The summed E-state index contributed by atoms with van der Waals surface area (Å²) in [5.41, 5.74) is 1.19. The van der Waals surface area contributed by atoms with Crippen LogP contribution in [0.2, 0.25) is 0 Å².